The van der Waals surface area contributed by atoms with Crippen LogP contribution in [0, 0.1) is 0 Å². The molecule has 0 saturated carbocycles. The van der Waals surface area contributed by atoms with Gasteiger partial charge in [0, 0.05) is 0 Å². The molecule has 0 radical (unpaired) electrons. The summed E-state index contributed by atoms with van der Waals surface area (Å²) in [6, 6.07) is 4.16. The van der Waals surface area contributed by atoms with E-state index in [2.05, 4.69) is 4.98 Å². The average Bonchev–Trinajstić information content (AvgIpc) is 2.02. The minimum absolute atomic E-state index is 0.0587. The minimum Gasteiger partial charge on any atom is -0.288 e. The van der Waals surface area contributed by atoms with Gasteiger partial charge in [-0.15, -0.1) is 3.71 Å². The molecule has 6 nitrogen and oxygen atoms in total. The van der Waals surface area contributed by atoms with Gasteiger partial charge in [-0.2, -0.15) is 0 Å². The van der Waals surface area contributed by atoms with E-state index in [1.54, 1.807) is 0 Å². The molecule has 0 saturated heterocycles. The molecule has 14 heavy (non-hydrogen) atoms. The Kier molecular flexibility index (Phi) is 3.96. The molecule has 2 N–H and O–H groups in total. The van der Waals surface area contributed by atoms with E-state index in [0.717, 1.165) is 0 Å². The van der Waals surface area contributed by atoms with Crippen molar-refractivity contribution in [3.05, 3.63) is 23.4 Å². The maximum Gasteiger partial charge on any atom is 0.277 e. The summed E-state index contributed by atoms with van der Waals surface area (Å²) in [6.45, 7) is 0. The smallest absolute Gasteiger partial charge is 0.277 e. The molecule has 0 aromatic carbocycles. The molecule has 0 aliphatic heterocycles. The van der Waals surface area contributed by atoms with Crippen molar-refractivity contribution in [1.29, 1.82) is 0 Å². The fourth-order valence-electron chi connectivity index (χ4n) is 0.714. The number of aromatic nitrogens is 1. The Morgan fingerprint density at radius 3 is 2.29 bits per heavy atom. The highest BCUT2D eigenvalue weighted by molar-refractivity contribution is 7.99. The molecular weight excluding hydrogens is 252 g/mol. The SMILES string of the molecule is O=S(O)N(c1cccc(Cl)n1)S(=O)O. The van der Waals surface area contributed by atoms with E-state index < -0.39 is 22.5 Å². The van der Waals surface area contributed by atoms with E-state index in [1.807, 2.05) is 0 Å². The van der Waals surface area contributed by atoms with Crippen molar-refractivity contribution in [1.82, 2.24) is 4.98 Å². The van der Waals surface area contributed by atoms with E-state index in [0.29, 0.717) is 3.71 Å². The molecule has 0 amide bonds. The van der Waals surface area contributed by atoms with Crippen molar-refractivity contribution in [3.63, 3.8) is 0 Å². The predicted molar refractivity (Wildman–Crippen MR) is 53.3 cm³/mol. The monoisotopic (exact) mass is 256 g/mol. The van der Waals surface area contributed by atoms with Crippen LogP contribution in [0.3, 0.4) is 0 Å². The highest BCUT2D eigenvalue weighted by Crippen LogP contribution is 2.16. The molecule has 2 atom stereocenters. The highest BCUT2D eigenvalue weighted by atomic mass is 35.5. The van der Waals surface area contributed by atoms with Gasteiger partial charge in [0.25, 0.3) is 22.5 Å². The second kappa shape index (κ2) is 4.80. The van der Waals surface area contributed by atoms with Crippen LogP contribution < -0.4 is 3.71 Å². The summed E-state index contributed by atoms with van der Waals surface area (Å²) < 4.78 is 39.0. The summed E-state index contributed by atoms with van der Waals surface area (Å²) in [5.74, 6) is -0.154. The van der Waals surface area contributed by atoms with Gasteiger partial charge in [-0.3, -0.25) is 9.11 Å². The molecule has 1 heterocycles. The average molecular weight is 257 g/mol. The van der Waals surface area contributed by atoms with Crippen LogP contribution in [0.15, 0.2) is 18.2 Å². The first-order chi connectivity index (χ1) is 6.52. The topological polar surface area (TPSA) is 90.7 Å². The maximum absolute atomic E-state index is 10.7. The lowest BCUT2D eigenvalue weighted by molar-refractivity contribution is 0.549. The van der Waals surface area contributed by atoms with Crippen LogP contribution in [0.4, 0.5) is 5.82 Å². The van der Waals surface area contributed by atoms with Gasteiger partial charge in [0.2, 0.25) is 0 Å². The minimum atomic E-state index is -2.63. The quantitative estimate of drug-likeness (QED) is 0.617. The largest absolute Gasteiger partial charge is 0.288 e. The summed E-state index contributed by atoms with van der Waals surface area (Å²) in [5.41, 5.74) is 0. The summed E-state index contributed by atoms with van der Waals surface area (Å²) in [6.07, 6.45) is 0. The predicted octanol–water partition coefficient (Wildman–Crippen LogP) is 0.815. The van der Waals surface area contributed by atoms with Gasteiger partial charge in [0.15, 0.2) is 5.82 Å². The summed E-state index contributed by atoms with van der Waals surface area (Å²) >= 11 is 0.238. The third-order valence-electron chi connectivity index (χ3n) is 1.17. The first-order valence-corrected chi connectivity index (χ1v) is 5.67. The lowest BCUT2D eigenvalue weighted by Crippen LogP contribution is -2.27. The summed E-state index contributed by atoms with van der Waals surface area (Å²) in [4.78, 5) is 3.60. The third-order valence-corrected chi connectivity index (χ3v) is 3.09. The molecule has 1 aromatic rings. The zero-order valence-electron chi connectivity index (χ0n) is 6.53. The second-order valence-corrected chi connectivity index (χ2v) is 4.31. The maximum atomic E-state index is 10.7. The summed E-state index contributed by atoms with van der Waals surface area (Å²) in [7, 11) is 0. The number of rotatable bonds is 3. The first kappa shape index (κ1) is 11.5. The third kappa shape index (κ3) is 2.72. The molecule has 0 aliphatic carbocycles. The molecule has 0 bridgehead atoms. The molecule has 0 aliphatic rings. The van der Waals surface area contributed by atoms with Gasteiger partial charge in [-0.1, -0.05) is 17.7 Å². The Morgan fingerprint density at radius 1 is 1.29 bits per heavy atom. The lowest BCUT2D eigenvalue weighted by Gasteiger charge is -2.12. The molecule has 1 aromatic heterocycles. The highest BCUT2D eigenvalue weighted by Gasteiger charge is 2.19. The Morgan fingerprint density at radius 2 is 1.86 bits per heavy atom. The number of nitrogens with zero attached hydrogens (tertiary/aromatic N) is 2. The number of pyridine rings is 1. The van der Waals surface area contributed by atoms with Crippen molar-refractivity contribution in [2.45, 2.75) is 0 Å². The van der Waals surface area contributed by atoms with Gasteiger partial charge in [0.05, 0.1) is 0 Å². The second-order valence-electron chi connectivity index (χ2n) is 2.04. The fourth-order valence-corrected chi connectivity index (χ4v) is 1.83. The molecule has 2 unspecified atom stereocenters. The number of hydrogen-bond donors (Lipinski definition) is 2. The number of anilines is 1. The molecular formula is C5H5ClN2O4S2. The lowest BCUT2D eigenvalue weighted by atomic mass is 10.5. The van der Waals surface area contributed by atoms with Crippen LogP contribution in [0.2, 0.25) is 5.15 Å². The Bertz CT molecular complexity index is 374. The number of hydrogen-bond acceptors (Lipinski definition) is 3. The standard InChI is InChI=1S/C5H5ClN2O4S2/c6-4-2-1-3-5(7-4)8(13(9)10)14(11)12/h1-3H,(H,9,10)(H,11,12). The van der Waals surface area contributed by atoms with Gasteiger partial charge in [-0.25, -0.2) is 13.4 Å². The van der Waals surface area contributed by atoms with E-state index in [4.69, 9.17) is 20.7 Å². The Balaban J connectivity index is 3.12. The van der Waals surface area contributed by atoms with Crippen LogP contribution >= 0.6 is 11.6 Å². The van der Waals surface area contributed by atoms with E-state index in [9.17, 15) is 8.42 Å². The van der Waals surface area contributed by atoms with E-state index >= 15 is 0 Å². The van der Waals surface area contributed by atoms with Gasteiger partial charge < -0.3 is 0 Å². The zero-order valence-corrected chi connectivity index (χ0v) is 8.92. The number of halogens is 1. The first-order valence-electron chi connectivity index (χ1n) is 3.17. The fraction of sp³-hybridized carbons (Fsp3) is 0. The van der Waals surface area contributed by atoms with Crippen LogP contribution in [-0.2, 0) is 22.5 Å². The molecule has 1 rings (SSSR count). The van der Waals surface area contributed by atoms with Gasteiger partial charge in [-0.05, 0) is 12.1 Å². The van der Waals surface area contributed by atoms with Crippen molar-refractivity contribution in [3.8, 4) is 0 Å². The van der Waals surface area contributed by atoms with Crippen molar-refractivity contribution in [2.24, 2.45) is 0 Å². The molecule has 9 heteroatoms. The van der Waals surface area contributed by atoms with E-state index in [-0.39, 0.29) is 11.0 Å². The Hall–Kier alpha value is -0.540. The molecule has 0 fully saturated rings. The molecule has 78 valence electrons. The summed E-state index contributed by atoms with van der Waals surface area (Å²) in [5, 5.41) is 0.0587. The Labute approximate surface area is 89.7 Å². The van der Waals surface area contributed by atoms with Gasteiger partial charge >= 0.3 is 0 Å². The van der Waals surface area contributed by atoms with Crippen LogP contribution in [0.5, 0.6) is 0 Å². The van der Waals surface area contributed by atoms with E-state index in [1.165, 1.54) is 18.2 Å². The van der Waals surface area contributed by atoms with Crippen molar-refractivity contribution in [2.75, 3.05) is 3.71 Å². The van der Waals surface area contributed by atoms with Crippen molar-refractivity contribution >= 4 is 40.0 Å². The molecule has 0 spiro atoms. The van der Waals surface area contributed by atoms with Crippen molar-refractivity contribution < 1.29 is 17.5 Å². The zero-order chi connectivity index (χ0) is 10.7. The van der Waals surface area contributed by atoms with Crippen LogP contribution in [0.1, 0.15) is 0 Å². The normalized spacial score (nSPS) is 14.8. The van der Waals surface area contributed by atoms with Gasteiger partial charge in [0.1, 0.15) is 5.15 Å². The van der Waals surface area contributed by atoms with Crippen LogP contribution in [0.25, 0.3) is 0 Å². The van der Waals surface area contributed by atoms with Crippen LogP contribution in [-0.4, -0.2) is 22.5 Å².